The predicted octanol–water partition coefficient (Wildman–Crippen LogP) is 1.88. The number of hydrogen-bond donors (Lipinski definition) is 1. The summed E-state index contributed by atoms with van der Waals surface area (Å²) in [7, 11) is -3.26. The third kappa shape index (κ3) is 3.33. The molecule has 1 aromatic heterocycles. The van der Waals surface area contributed by atoms with E-state index < -0.39 is 21.2 Å². The van der Waals surface area contributed by atoms with Crippen molar-refractivity contribution in [3.8, 4) is 0 Å². The van der Waals surface area contributed by atoms with E-state index in [9.17, 15) is 18.3 Å². The Morgan fingerprint density at radius 3 is 2.67 bits per heavy atom. The van der Waals surface area contributed by atoms with Crippen LogP contribution in [0, 0.1) is 0 Å². The van der Waals surface area contributed by atoms with Crippen molar-refractivity contribution in [1.29, 1.82) is 0 Å². The average molecular weight is 389 g/mol. The van der Waals surface area contributed by atoms with Crippen molar-refractivity contribution >= 4 is 44.1 Å². The van der Waals surface area contributed by atoms with Crippen LogP contribution in [0.3, 0.4) is 0 Å². The normalized spacial score (nSPS) is 23.2. The second-order valence-electron chi connectivity index (χ2n) is 6.13. The lowest BCUT2D eigenvalue weighted by molar-refractivity contribution is 0.207. The lowest BCUT2D eigenvalue weighted by Crippen LogP contribution is -2.27. The fraction of sp³-hybridized carbons (Fsp3) is 0.467. The highest BCUT2D eigenvalue weighted by molar-refractivity contribution is 8.01. The van der Waals surface area contributed by atoms with Gasteiger partial charge in [0, 0.05) is 11.1 Å². The molecule has 0 aliphatic carbocycles. The summed E-state index contributed by atoms with van der Waals surface area (Å²) in [6, 6.07) is 4.73. The largest absolute Gasteiger partial charge is 0.391 e. The van der Waals surface area contributed by atoms with Gasteiger partial charge >= 0.3 is 0 Å². The zero-order valence-corrected chi connectivity index (χ0v) is 15.5. The molecule has 2 aromatic rings. The Balaban J connectivity index is 2.12. The molecule has 2 atom stereocenters. The van der Waals surface area contributed by atoms with Gasteiger partial charge in [-0.1, -0.05) is 23.4 Å². The first-order valence-electron chi connectivity index (χ1n) is 7.45. The molecule has 1 aliphatic rings. The molecule has 0 saturated carbocycles. The van der Waals surface area contributed by atoms with Crippen molar-refractivity contribution in [2.75, 3.05) is 11.5 Å². The SMILES string of the molecule is CC(C)n1c(S[C@@H]2CS(=O)(=O)C[C@H]2O)nc2cc(Cl)ccc2c1=O. The van der Waals surface area contributed by atoms with E-state index in [1.54, 1.807) is 18.2 Å². The first-order chi connectivity index (χ1) is 11.2. The molecule has 1 aliphatic heterocycles. The van der Waals surface area contributed by atoms with E-state index in [1.807, 2.05) is 13.8 Å². The molecule has 24 heavy (non-hydrogen) atoms. The molecule has 3 rings (SSSR count). The van der Waals surface area contributed by atoms with Gasteiger partial charge in [-0.2, -0.15) is 0 Å². The third-order valence-electron chi connectivity index (χ3n) is 3.88. The molecule has 1 N–H and O–H groups in total. The molecule has 6 nitrogen and oxygen atoms in total. The fourth-order valence-corrected chi connectivity index (χ4v) is 6.61. The first-order valence-corrected chi connectivity index (χ1v) is 10.5. The smallest absolute Gasteiger partial charge is 0.262 e. The number of sulfone groups is 1. The maximum atomic E-state index is 12.8. The van der Waals surface area contributed by atoms with Crippen molar-refractivity contribution in [2.24, 2.45) is 0 Å². The number of fused-ring (bicyclic) bond motifs is 1. The molecular formula is C15H17ClN2O4S2. The molecule has 0 amide bonds. The van der Waals surface area contributed by atoms with E-state index in [4.69, 9.17) is 11.6 Å². The van der Waals surface area contributed by atoms with Gasteiger partial charge in [0.2, 0.25) is 0 Å². The monoisotopic (exact) mass is 388 g/mol. The number of aliphatic hydroxyl groups excluding tert-OH is 1. The van der Waals surface area contributed by atoms with Gasteiger partial charge < -0.3 is 5.11 Å². The van der Waals surface area contributed by atoms with Gasteiger partial charge in [0.15, 0.2) is 15.0 Å². The van der Waals surface area contributed by atoms with Crippen molar-refractivity contribution < 1.29 is 13.5 Å². The van der Waals surface area contributed by atoms with Crippen LogP contribution in [0.25, 0.3) is 10.9 Å². The Bertz CT molecular complexity index is 956. The number of halogens is 1. The lowest BCUT2D eigenvalue weighted by atomic mass is 10.2. The summed E-state index contributed by atoms with van der Waals surface area (Å²) < 4.78 is 24.9. The van der Waals surface area contributed by atoms with Crippen LogP contribution < -0.4 is 5.56 Å². The minimum absolute atomic E-state index is 0.125. The molecule has 0 unspecified atom stereocenters. The minimum atomic E-state index is -3.26. The Hall–Kier alpha value is -1.09. The van der Waals surface area contributed by atoms with Crippen molar-refractivity contribution in [1.82, 2.24) is 9.55 Å². The second-order valence-corrected chi connectivity index (χ2v) is 9.92. The Kier molecular flexibility index (Phi) is 4.67. The topological polar surface area (TPSA) is 89.3 Å². The van der Waals surface area contributed by atoms with E-state index in [1.165, 1.54) is 4.57 Å². The third-order valence-corrected chi connectivity index (χ3v) is 7.32. The van der Waals surface area contributed by atoms with Crippen LogP contribution in [-0.2, 0) is 9.84 Å². The van der Waals surface area contributed by atoms with Crippen LogP contribution in [-0.4, -0.2) is 45.9 Å². The van der Waals surface area contributed by atoms with Crippen LogP contribution in [0.5, 0.6) is 0 Å². The Morgan fingerprint density at radius 2 is 2.08 bits per heavy atom. The van der Waals surface area contributed by atoms with E-state index in [-0.39, 0.29) is 23.1 Å². The summed E-state index contributed by atoms with van der Waals surface area (Å²) in [5, 5.41) is 10.8. The maximum Gasteiger partial charge on any atom is 0.262 e. The second kappa shape index (κ2) is 6.33. The number of thioether (sulfide) groups is 1. The number of aliphatic hydroxyl groups is 1. The highest BCUT2D eigenvalue weighted by atomic mass is 35.5. The van der Waals surface area contributed by atoms with Crippen LogP contribution in [0.15, 0.2) is 28.2 Å². The maximum absolute atomic E-state index is 12.8. The van der Waals surface area contributed by atoms with Gasteiger partial charge in [-0.15, -0.1) is 0 Å². The summed E-state index contributed by atoms with van der Waals surface area (Å²) in [6.07, 6.45) is -0.965. The number of nitrogens with zero attached hydrogens (tertiary/aromatic N) is 2. The van der Waals surface area contributed by atoms with E-state index in [0.717, 1.165) is 11.8 Å². The van der Waals surface area contributed by atoms with Crippen molar-refractivity contribution in [2.45, 2.75) is 36.4 Å². The lowest BCUT2D eigenvalue weighted by Gasteiger charge is -2.19. The summed E-state index contributed by atoms with van der Waals surface area (Å²) >= 11 is 7.11. The fourth-order valence-electron chi connectivity index (χ4n) is 2.74. The number of rotatable bonds is 3. The van der Waals surface area contributed by atoms with E-state index in [2.05, 4.69) is 4.98 Å². The van der Waals surface area contributed by atoms with Gasteiger partial charge in [0.1, 0.15) is 0 Å². The summed E-state index contributed by atoms with van der Waals surface area (Å²) in [5.41, 5.74) is 0.256. The zero-order chi connectivity index (χ0) is 17.6. The Morgan fingerprint density at radius 1 is 1.38 bits per heavy atom. The molecular weight excluding hydrogens is 372 g/mol. The van der Waals surface area contributed by atoms with Gasteiger partial charge in [0.05, 0.1) is 33.8 Å². The molecule has 0 spiro atoms. The molecule has 2 heterocycles. The molecule has 0 radical (unpaired) electrons. The zero-order valence-electron chi connectivity index (χ0n) is 13.1. The highest BCUT2D eigenvalue weighted by Gasteiger charge is 2.38. The molecule has 1 fully saturated rings. The standard InChI is InChI=1S/C15H17ClN2O4S2/c1-8(2)18-14(20)10-4-3-9(16)5-11(10)17-15(18)23-13-7-24(21,22)6-12(13)19/h3-5,8,12-13,19H,6-7H2,1-2H3/t12-,13-/m1/s1. The van der Waals surface area contributed by atoms with E-state index in [0.29, 0.717) is 21.1 Å². The van der Waals surface area contributed by atoms with Crippen LogP contribution in [0.2, 0.25) is 5.02 Å². The number of hydrogen-bond acceptors (Lipinski definition) is 6. The number of benzene rings is 1. The van der Waals surface area contributed by atoms with Gasteiger partial charge in [-0.3, -0.25) is 9.36 Å². The van der Waals surface area contributed by atoms with Gasteiger partial charge in [-0.05, 0) is 32.0 Å². The number of aromatic nitrogens is 2. The van der Waals surface area contributed by atoms with Crippen LogP contribution >= 0.6 is 23.4 Å². The van der Waals surface area contributed by atoms with Crippen molar-refractivity contribution in [3.05, 3.63) is 33.6 Å². The summed E-state index contributed by atoms with van der Waals surface area (Å²) in [6.45, 7) is 3.72. The highest BCUT2D eigenvalue weighted by Crippen LogP contribution is 2.31. The van der Waals surface area contributed by atoms with Crippen molar-refractivity contribution in [3.63, 3.8) is 0 Å². The first kappa shape index (κ1) is 17.7. The van der Waals surface area contributed by atoms with Crippen LogP contribution in [0.1, 0.15) is 19.9 Å². The minimum Gasteiger partial charge on any atom is -0.391 e. The van der Waals surface area contributed by atoms with Gasteiger partial charge in [0.25, 0.3) is 5.56 Å². The Labute approximate surface area is 148 Å². The molecule has 1 saturated heterocycles. The van der Waals surface area contributed by atoms with Crippen LogP contribution in [0.4, 0.5) is 0 Å². The summed E-state index contributed by atoms with van der Waals surface area (Å²) in [4.78, 5) is 17.3. The molecule has 130 valence electrons. The molecule has 9 heteroatoms. The van der Waals surface area contributed by atoms with E-state index >= 15 is 0 Å². The molecule has 0 bridgehead atoms. The quantitative estimate of drug-likeness (QED) is 0.807. The summed E-state index contributed by atoms with van der Waals surface area (Å²) in [5.74, 6) is -0.379. The van der Waals surface area contributed by atoms with Gasteiger partial charge in [-0.25, -0.2) is 13.4 Å². The predicted molar refractivity (Wildman–Crippen MR) is 95.7 cm³/mol. The average Bonchev–Trinajstić information content (AvgIpc) is 2.70. The molecule has 1 aromatic carbocycles.